The minimum atomic E-state index is 0.751. The molecular formula is C6H6BrN3S. The van der Waals surface area contributed by atoms with Crippen molar-refractivity contribution in [3.05, 3.63) is 21.9 Å². The Balaban J connectivity index is 2.27. The van der Waals surface area contributed by atoms with Crippen LogP contribution in [-0.4, -0.2) is 16.6 Å². The first-order valence-corrected chi connectivity index (χ1v) is 4.71. The first-order chi connectivity index (χ1) is 5.25. The smallest absolute Gasteiger partial charge is 0.173 e. The summed E-state index contributed by atoms with van der Waals surface area (Å²) in [6.07, 6.45) is 3.70. The number of amidine groups is 1. The van der Waals surface area contributed by atoms with Gasteiger partial charge in [-0.25, -0.2) is 4.99 Å². The Labute approximate surface area is 77.2 Å². The van der Waals surface area contributed by atoms with Gasteiger partial charge in [-0.2, -0.15) is 0 Å². The molecular weight excluding hydrogens is 226 g/mol. The maximum atomic E-state index is 5.59. The molecule has 0 aromatic heterocycles. The average molecular weight is 232 g/mol. The molecule has 11 heavy (non-hydrogen) atoms. The van der Waals surface area contributed by atoms with Gasteiger partial charge in [0.1, 0.15) is 0 Å². The van der Waals surface area contributed by atoms with E-state index in [4.69, 9.17) is 5.73 Å². The fourth-order valence-corrected chi connectivity index (χ4v) is 2.32. The molecule has 2 aliphatic heterocycles. The van der Waals surface area contributed by atoms with E-state index in [2.05, 4.69) is 20.9 Å². The van der Waals surface area contributed by atoms with Crippen LogP contribution in [0.5, 0.6) is 0 Å². The quantitative estimate of drug-likeness (QED) is 0.686. The molecule has 0 spiro atoms. The second kappa shape index (κ2) is 2.57. The van der Waals surface area contributed by atoms with Crippen LogP contribution in [0.3, 0.4) is 0 Å². The summed E-state index contributed by atoms with van der Waals surface area (Å²) in [6, 6.07) is 0. The molecule has 3 nitrogen and oxygen atoms in total. The van der Waals surface area contributed by atoms with Gasteiger partial charge in [0.05, 0.1) is 16.6 Å². The van der Waals surface area contributed by atoms with Crippen molar-refractivity contribution in [1.29, 1.82) is 0 Å². The van der Waals surface area contributed by atoms with Crippen molar-refractivity contribution in [3.8, 4) is 0 Å². The second-order valence-corrected chi connectivity index (χ2v) is 4.67. The molecule has 2 N–H and O–H groups in total. The van der Waals surface area contributed by atoms with E-state index in [1.54, 1.807) is 18.0 Å². The van der Waals surface area contributed by atoms with Crippen molar-refractivity contribution in [2.75, 3.05) is 6.54 Å². The fraction of sp³-hybridized carbons (Fsp3) is 0.167. The molecule has 0 aliphatic carbocycles. The predicted octanol–water partition coefficient (Wildman–Crippen LogP) is 1.40. The number of fused-ring (bicyclic) bond motifs is 1. The highest BCUT2D eigenvalue weighted by atomic mass is 79.9. The summed E-state index contributed by atoms with van der Waals surface area (Å²) >= 11 is 4.99. The molecule has 0 bridgehead atoms. The lowest BCUT2D eigenvalue weighted by Crippen LogP contribution is -2.27. The van der Waals surface area contributed by atoms with Crippen LogP contribution in [0, 0.1) is 0 Å². The highest BCUT2D eigenvalue weighted by molar-refractivity contribution is 9.14. The van der Waals surface area contributed by atoms with Crippen molar-refractivity contribution < 1.29 is 0 Å². The third-order valence-electron chi connectivity index (χ3n) is 1.39. The van der Waals surface area contributed by atoms with E-state index in [-0.39, 0.29) is 0 Å². The van der Waals surface area contributed by atoms with Gasteiger partial charge in [0, 0.05) is 11.9 Å². The fourth-order valence-electron chi connectivity index (χ4n) is 0.939. The molecule has 2 heterocycles. The Morgan fingerprint density at radius 1 is 1.73 bits per heavy atom. The van der Waals surface area contributed by atoms with Gasteiger partial charge in [-0.3, -0.25) is 0 Å². The molecule has 0 unspecified atom stereocenters. The number of hydrogen-bond donors (Lipinski definition) is 1. The van der Waals surface area contributed by atoms with Crippen LogP contribution < -0.4 is 5.73 Å². The van der Waals surface area contributed by atoms with Crippen LogP contribution in [0.25, 0.3) is 0 Å². The molecule has 0 saturated carbocycles. The number of thioether (sulfide) groups is 1. The maximum absolute atomic E-state index is 5.59. The molecule has 58 valence electrons. The average Bonchev–Trinajstić information content (AvgIpc) is 2.27. The van der Waals surface area contributed by atoms with Crippen molar-refractivity contribution in [3.63, 3.8) is 0 Å². The highest BCUT2D eigenvalue weighted by Crippen LogP contribution is 2.34. The molecule has 0 aromatic carbocycles. The van der Waals surface area contributed by atoms with Gasteiger partial charge in [0.2, 0.25) is 0 Å². The number of aliphatic imine (C=N–C) groups is 1. The van der Waals surface area contributed by atoms with Crippen LogP contribution in [0.1, 0.15) is 0 Å². The van der Waals surface area contributed by atoms with E-state index < -0.39 is 0 Å². The van der Waals surface area contributed by atoms with Gasteiger partial charge in [-0.15, -0.1) is 0 Å². The topological polar surface area (TPSA) is 41.6 Å². The van der Waals surface area contributed by atoms with Gasteiger partial charge in [-0.05, 0) is 27.7 Å². The SMILES string of the molecule is NC1=CN=C2SC(Br)=CN2C1. The molecule has 0 saturated heterocycles. The summed E-state index contributed by atoms with van der Waals surface area (Å²) in [4.78, 5) is 6.18. The van der Waals surface area contributed by atoms with Crippen molar-refractivity contribution in [2.24, 2.45) is 10.7 Å². The summed E-state index contributed by atoms with van der Waals surface area (Å²) in [7, 11) is 0. The summed E-state index contributed by atoms with van der Waals surface area (Å²) in [6.45, 7) is 0.751. The molecule has 0 radical (unpaired) electrons. The minimum absolute atomic E-state index is 0.751. The standard InChI is InChI=1S/C6H6BrN3S/c7-5-3-10-2-4(8)1-9-6(10)11-5/h1,3H,2,8H2. The van der Waals surface area contributed by atoms with Gasteiger partial charge in [0.25, 0.3) is 0 Å². The maximum Gasteiger partial charge on any atom is 0.173 e. The van der Waals surface area contributed by atoms with Crippen molar-refractivity contribution >= 4 is 32.9 Å². The van der Waals surface area contributed by atoms with Crippen LogP contribution in [0.15, 0.2) is 26.9 Å². The second-order valence-electron chi connectivity index (χ2n) is 2.28. The third kappa shape index (κ3) is 1.30. The van der Waals surface area contributed by atoms with Crippen LogP contribution in [-0.2, 0) is 0 Å². The summed E-state index contributed by atoms with van der Waals surface area (Å²) < 4.78 is 1.08. The highest BCUT2D eigenvalue weighted by Gasteiger charge is 2.21. The molecule has 2 rings (SSSR count). The molecule has 5 heteroatoms. The first kappa shape index (κ1) is 7.24. The molecule has 0 atom stereocenters. The molecule has 2 aliphatic rings. The monoisotopic (exact) mass is 231 g/mol. The van der Waals surface area contributed by atoms with E-state index in [1.807, 2.05) is 11.1 Å². The Hall–Kier alpha value is -0.420. The Kier molecular flexibility index (Phi) is 1.69. The van der Waals surface area contributed by atoms with E-state index >= 15 is 0 Å². The number of nitrogens with two attached hydrogens (primary N) is 1. The van der Waals surface area contributed by atoms with E-state index in [0.717, 1.165) is 21.2 Å². The predicted molar refractivity (Wildman–Crippen MR) is 51.0 cm³/mol. The number of nitrogens with zero attached hydrogens (tertiary/aromatic N) is 2. The lowest BCUT2D eigenvalue weighted by atomic mass is 10.4. The van der Waals surface area contributed by atoms with Crippen LogP contribution >= 0.6 is 27.7 Å². The lowest BCUT2D eigenvalue weighted by Gasteiger charge is -2.18. The Bertz CT molecular complexity index is 282. The van der Waals surface area contributed by atoms with Crippen molar-refractivity contribution in [2.45, 2.75) is 0 Å². The van der Waals surface area contributed by atoms with Crippen LogP contribution in [0.2, 0.25) is 0 Å². The first-order valence-electron chi connectivity index (χ1n) is 3.10. The Morgan fingerprint density at radius 2 is 2.55 bits per heavy atom. The van der Waals surface area contributed by atoms with Gasteiger partial charge >= 0.3 is 0 Å². The van der Waals surface area contributed by atoms with E-state index in [0.29, 0.717) is 0 Å². The normalized spacial score (nSPS) is 22.3. The summed E-state index contributed by atoms with van der Waals surface area (Å²) in [5, 5.41) is 0.992. The third-order valence-corrected chi connectivity index (χ3v) is 2.90. The van der Waals surface area contributed by atoms with Gasteiger partial charge < -0.3 is 10.6 Å². The molecule has 0 amide bonds. The molecule has 0 aromatic rings. The van der Waals surface area contributed by atoms with Crippen LogP contribution in [0.4, 0.5) is 0 Å². The van der Waals surface area contributed by atoms with Crippen molar-refractivity contribution in [1.82, 2.24) is 4.90 Å². The number of hydrogen-bond acceptors (Lipinski definition) is 4. The zero-order valence-electron chi connectivity index (χ0n) is 5.62. The zero-order chi connectivity index (χ0) is 7.84. The van der Waals surface area contributed by atoms with Gasteiger partial charge in [0.15, 0.2) is 5.17 Å². The largest absolute Gasteiger partial charge is 0.399 e. The lowest BCUT2D eigenvalue weighted by molar-refractivity contribution is 0.607. The Morgan fingerprint density at radius 3 is 3.36 bits per heavy atom. The molecule has 0 fully saturated rings. The summed E-state index contributed by atoms with van der Waals surface area (Å²) in [5.41, 5.74) is 6.39. The van der Waals surface area contributed by atoms with E-state index in [9.17, 15) is 0 Å². The summed E-state index contributed by atoms with van der Waals surface area (Å²) in [5.74, 6) is 0. The number of rotatable bonds is 0. The minimum Gasteiger partial charge on any atom is -0.399 e. The number of halogens is 1. The van der Waals surface area contributed by atoms with E-state index in [1.165, 1.54) is 0 Å². The van der Waals surface area contributed by atoms with Gasteiger partial charge in [-0.1, -0.05) is 0 Å². The zero-order valence-corrected chi connectivity index (χ0v) is 8.02.